The van der Waals surface area contributed by atoms with Crippen molar-refractivity contribution in [3.05, 3.63) is 54.4 Å². The summed E-state index contributed by atoms with van der Waals surface area (Å²) in [5, 5.41) is 24.7. The maximum Gasteiger partial charge on any atom is 0.222 e. The van der Waals surface area contributed by atoms with E-state index in [2.05, 4.69) is 10.1 Å². The van der Waals surface area contributed by atoms with Gasteiger partial charge in [-0.3, -0.25) is 0 Å². The van der Waals surface area contributed by atoms with Gasteiger partial charge >= 0.3 is 0 Å². The first-order valence-corrected chi connectivity index (χ1v) is 9.13. The van der Waals surface area contributed by atoms with Gasteiger partial charge < -0.3 is 19.7 Å². The average molecular weight is 383 g/mol. The van der Waals surface area contributed by atoms with Crippen molar-refractivity contribution in [3.63, 3.8) is 0 Å². The van der Waals surface area contributed by atoms with E-state index in [1.807, 2.05) is 42.5 Å². The minimum atomic E-state index is -0.782. The topological polar surface area (TPSA) is 89.6 Å². The second kappa shape index (κ2) is 8.86. The lowest BCUT2D eigenvalue weighted by molar-refractivity contribution is 0.120. The Balaban J connectivity index is 2.07. The number of rotatable bonds is 8. The van der Waals surface area contributed by atoms with Gasteiger partial charge in [0.2, 0.25) is 5.88 Å². The minimum absolute atomic E-state index is 0.418. The molecular weight excluding hydrogens is 358 g/mol. The van der Waals surface area contributed by atoms with Gasteiger partial charge in [-0.25, -0.2) is 9.67 Å². The highest BCUT2D eigenvalue weighted by Gasteiger charge is 2.20. The number of aliphatic hydroxyl groups excluding tert-OH is 2. The van der Waals surface area contributed by atoms with Crippen LogP contribution in [0.4, 0.5) is 0 Å². The summed E-state index contributed by atoms with van der Waals surface area (Å²) in [5.74, 6) is 1.22. The summed E-state index contributed by atoms with van der Waals surface area (Å²) in [7, 11) is 3.18. The van der Waals surface area contributed by atoms with Crippen LogP contribution in [0.15, 0.2) is 48.7 Å². The van der Waals surface area contributed by atoms with E-state index in [0.717, 1.165) is 22.7 Å². The molecule has 0 amide bonds. The highest BCUT2D eigenvalue weighted by Crippen LogP contribution is 2.32. The molecule has 148 valence electrons. The Morgan fingerprint density at radius 1 is 1.04 bits per heavy atom. The number of benzene rings is 1. The van der Waals surface area contributed by atoms with Crippen molar-refractivity contribution in [3.8, 4) is 28.6 Å². The molecule has 0 fully saturated rings. The number of aliphatic hydroxyl groups is 2. The molecule has 7 heteroatoms. The third kappa shape index (κ3) is 4.32. The van der Waals surface area contributed by atoms with E-state index >= 15 is 0 Å². The normalized spacial score (nSPS) is 13.2. The summed E-state index contributed by atoms with van der Waals surface area (Å²) >= 11 is 0. The maximum absolute atomic E-state index is 10.6. The standard InChI is InChI=1S/C21H25N3O4/c1-14(25)6-11-20(26)18-13-19(17-5-4-12-22-21(17)28-3)24(23-18)15-7-9-16(27-2)10-8-15/h4-5,7-10,12-14,20,25-26H,6,11H2,1-3H3. The van der Waals surface area contributed by atoms with Crippen LogP contribution in [0, 0.1) is 0 Å². The van der Waals surface area contributed by atoms with Crippen molar-refractivity contribution in [1.82, 2.24) is 14.8 Å². The smallest absolute Gasteiger partial charge is 0.222 e. The molecule has 7 nitrogen and oxygen atoms in total. The van der Waals surface area contributed by atoms with E-state index in [1.165, 1.54) is 0 Å². The van der Waals surface area contributed by atoms with E-state index in [9.17, 15) is 10.2 Å². The van der Waals surface area contributed by atoms with Gasteiger partial charge in [0.05, 0.1) is 49.1 Å². The molecule has 0 saturated carbocycles. The molecule has 0 aliphatic heterocycles. The van der Waals surface area contributed by atoms with Crippen LogP contribution in [0.5, 0.6) is 11.6 Å². The SMILES string of the molecule is COc1ccc(-n2nc(C(O)CCC(C)O)cc2-c2cccnc2OC)cc1. The number of pyridine rings is 1. The molecule has 2 aromatic heterocycles. The summed E-state index contributed by atoms with van der Waals surface area (Å²) in [6.45, 7) is 1.70. The molecule has 0 bridgehead atoms. The summed E-state index contributed by atoms with van der Waals surface area (Å²) in [4.78, 5) is 4.27. The van der Waals surface area contributed by atoms with Gasteiger partial charge in [-0.15, -0.1) is 0 Å². The summed E-state index contributed by atoms with van der Waals surface area (Å²) < 4.78 is 12.4. The zero-order chi connectivity index (χ0) is 20.1. The van der Waals surface area contributed by atoms with Gasteiger partial charge in [-0.2, -0.15) is 5.10 Å². The lowest BCUT2D eigenvalue weighted by Crippen LogP contribution is -2.06. The van der Waals surface area contributed by atoms with E-state index < -0.39 is 12.2 Å². The van der Waals surface area contributed by atoms with Crippen LogP contribution >= 0.6 is 0 Å². The van der Waals surface area contributed by atoms with Crippen molar-refractivity contribution in [2.75, 3.05) is 14.2 Å². The van der Waals surface area contributed by atoms with Crippen molar-refractivity contribution in [1.29, 1.82) is 0 Å². The first kappa shape index (κ1) is 19.9. The molecule has 0 spiro atoms. The first-order chi connectivity index (χ1) is 13.5. The first-order valence-electron chi connectivity index (χ1n) is 9.13. The van der Waals surface area contributed by atoms with Crippen molar-refractivity contribution in [2.45, 2.75) is 32.0 Å². The number of aromatic nitrogens is 3. The fraction of sp³-hybridized carbons (Fsp3) is 0.333. The molecular formula is C21H25N3O4. The van der Waals surface area contributed by atoms with Gasteiger partial charge in [0, 0.05) is 6.20 Å². The predicted octanol–water partition coefficient (Wildman–Crippen LogP) is 3.15. The second-order valence-electron chi connectivity index (χ2n) is 6.57. The minimum Gasteiger partial charge on any atom is -0.497 e. The molecule has 2 heterocycles. The van der Waals surface area contributed by atoms with E-state index in [1.54, 1.807) is 32.0 Å². The van der Waals surface area contributed by atoms with Crippen LogP contribution in [0.3, 0.4) is 0 Å². The highest BCUT2D eigenvalue weighted by atomic mass is 16.5. The number of hydrogen-bond donors (Lipinski definition) is 2. The molecule has 3 rings (SSSR count). The summed E-state index contributed by atoms with van der Waals surface area (Å²) in [5.41, 5.74) is 2.86. The van der Waals surface area contributed by atoms with Crippen molar-refractivity contribution in [2.24, 2.45) is 0 Å². The van der Waals surface area contributed by atoms with Crippen LogP contribution in [0.2, 0.25) is 0 Å². The number of ether oxygens (including phenoxy) is 2. The molecule has 2 N–H and O–H groups in total. The molecule has 28 heavy (non-hydrogen) atoms. The Morgan fingerprint density at radius 3 is 2.43 bits per heavy atom. The van der Waals surface area contributed by atoms with E-state index in [0.29, 0.717) is 24.4 Å². The van der Waals surface area contributed by atoms with Crippen LogP contribution in [-0.4, -0.2) is 45.3 Å². The molecule has 2 unspecified atom stereocenters. The largest absolute Gasteiger partial charge is 0.497 e. The Hall–Kier alpha value is -2.90. The highest BCUT2D eigenvalue weighted by molar-refractivity contribution is 5.67. The van der Waals surface area contributed by atoms with Gasteiger partial charge in [-0.05, 0) is 62.2 Å². The van der Waals surface area contributed by atoms with Gasteiger partial charge in [-0.1, -0.05) is 0 Å². The zero-order valence-electron chi connectivity index (χ0n) is 16.2. The average Bonchev–Trinajstić information content (AvgIpc) is 3.17. The molecule has 3 aromatic rings. The number of nitrogens with zero attached hydrogens (tertiary/aromatic N) is 3. The van der Waals surface area contributed by atoms with Crippen LogP contribution in [0.25, 0.3) is 16.9 Å². The van der Waals surface area contributed by atoms with E-state index in [-0.39, 0.29) is 0 Å². The Bertz CT molecular complexity index is 906. The quantitative estimate of drug-likeness (QED) is 0.621. The Kier molecular flexibility index (Phi) is 6.28. The van der Waals surface area contributed by atoms with Crippen molar-refractivity contribution < 1.29 is 19.7 Å². The molecule has 1 aromatic carbocycles. The molecule has 0 aliphatic carbocycles. The van der Waals surface area contributed by atoms with Gasteiger partial charge in [0.25, 0.3) is 0 Å². The second-order valence-corrected chi connectivity index (χ2v) is 6.57. The van der Waals surface area contributed by atoms with Crippen LogP contribution < -0.4 is 9.47 Å². The third-order valence-corrected chi connectivity index (χ3v) is 4.48. The van der Waals surface area contributed by atoms with E-state index in [4.69, 9.17) is 9.47 Å². The number of hydrogen-bond acceptors (Lipinski definition) is 6. The van der Waals surface area contributed by atoms with Crippen molar-refractivity contribution >= 4 is 0 Å². The number of methoxy groups -OCH3 is 2. The zero-order valence-corrected chi connectivity index (χ0v) is 16.2. The van der Waals surface area contributed by atoms with Gasteiger partial charge in [0.1, 0.15) is 5.75 Å². The van der Waals surface area contributed by atoms with Crippen LogP contribution in [0.1, 0.15) is 31.6 Å². The predicted molar refractivity (Wildman–Crippen MR) is 106 cm³/mol. The maximum atomic E-state index is 10.6. The van der Waals surface area contributed by atoms with Crippen LogP contribution in [-0.2, 0) is 0 Å². The summed E-state index contributed by atoms with van der Waals surface area (Å²) in [6, 6.07) is 13.0. The fourth-order valence-electron chi connectivity index (χ4n) is 2.97. The molecule has 0 saturated heterocycles. The lowest BCUT2D eigenvalue weighted by atomic mass is 10.1. The lowest BCUT2D eigenvalue weighted by Gasteiger charge is -2.11. The Labute approximate surface area is 164 Å². The van der Waals surface area contributed by atoms with Gasteiger partial charge in [0.15, 0.2) is 0 Å². The Morgan fingerprint density at radius 2 is 1.79 bits per heavy atom. The molecule has 2 atom stereocenters. The monoisotopic (exact) mass is 383 g/mol. The third-order valence-electron chi connectivity index (χ3n) is 4.48. The fourth-order valence-corrected chi connectivity index (χ4v) is 2.97. The molecule has 0 aliphatic rings. The molecule has 0 radical (unpaired) electrons. The summed E-state index contributed by atoms with van der Waals surface area (Å²) in [6.07, 6.45) is 1.31.